The Morgan fingerprint density at radius 1 is 1.13 bits per heavy atom. The second kappa shape index (κ2) is 8.98. The molecule has 1 fully saturated rings. The van der Waals surface area contributed by atoms with Gasteiger partial charge in [0.25, 0.3) is 5.91 Å². The molecular weight excluding hydrogens is 382 g/mol. The lowest BCUT2D eigenvalue weighted by molar-refractivity contribution is 0.0697. The summed E-state index contributed by atoms with van der Waals surface area (Å²) in [6.45, 7) is 1.30. The number of hydrogen-bond acceptors (Lipinski definition) is 6. The molecule has 0 bridgehead atoms. The molecule has 1 aromatic carbocycles. The molecule has 1 aliphatic heterocycles. The van der Waals surface area contributed by atoms with Gasteiger partial charge in [0.1, 0.15) is 11.5 Å². The molecule has 7 heteroatoms. The van der Waals surface area contributed by atoms with Crippen molar-refractivity contribution in [2.45, 2.75) is 25.2 Å². The van der Waals surface area contributed by atoms with Crippen molar-refractivity contribution in [2.24, 2.45) is 0 Å². The molecule has 7 nitrogen and oxygen atoms in total. The highest BCUT2D eigenvalue weighted by Gasteiger charge is 2.28. The minimum atomic E-state index is -0.0318. The Labute approximate surface area is 175 Å². The SMILES string of the molecule is COc1ccc(C(=O)N2CCCC(c3ncc(Cc4ccccc4OC)o3)C2)cn1. The summed E-state index contributed by atoms with van der Waals surface area (Å²) >= 11 is 0. The number of methoxy groups -OCH3 is 2. The average molecular weight is 407 g/mol. The van der Waals surface area contributed by atoms with E-state index in [9.17, 15) is 4.79 Å². The van der Waals surface area contributed by atoms with E-state index < -0.39 is 0 Å². The lowest BCUT2D eigenvalue weighted by Gasteiger charge is -2.31. The van der Waals surface area contributed by atoms with Crippen molar-refractivity contribution in [3.63, 3.8) is 0 Å². The third kappa shape index (κ3) is 4.30. The monoisotopic (exact) mass is 407 g/mol. The standard InChI is InChI=1S/C23H25N3O4/c1-28-20-8-4-3-6-16(20)12-19-14-25-22(30-19)18-7-5-11-26(15-18)23(27)17-9-10-21(29-2)24-13-17/h3-4,6,8-10,13-14,18H,5,7,11-12,15H2,1-2H3. The van der Waals surface area contributed by atoms with Crippen molar-refractivity contribution in [1.29, 1.82) is 0 Å². The first-order valence-corrected chi connectivity index (χ1v) is 10.0. The maximum Gasteiger partial charge on any atom is 0.255 e. The van der Waals surface area contributed by atoms with Gasteiger partial charge in [-0.2, -0.15) is 0 Å². The molecule has 0 N–H and O–H groups in total. The van der Waals surface area contributed by atoms with Gasteiger partial charge in [-0.15, -0.1) is 0 Å². The van der Waals surface area contributed by atoms with Gasteiger partial charge in [-0.1, -0.05) is 18.2 Å². The van der Waals surface area contributed by atoms with Crippen LogP contribution in [0.4, 0.5) is 0 Å². The number of amides is 1. The van der Waals surface area contributed by atoms with E-state index in [0.29, 0.717) is 30.3 Å². The Morgan fingerprint density at radius 2 is 2.00 bits per heavy atom. The number of oxazole rings is 1. The number of nitrogens with zero attached hydrogens (tertiary/aromatic N) is 3. The van der Waals surface area contributed by atoms with E-state index in [1.54, 1.807) is 38.7 Å². The minimum absolute atomic E-state index is 0.0318. The van der Waals surface area contributed by atoms with Crippen LogP contribution in [0.25, 0.3) is 0 Å². The molecule has 3 heterocycles. The van der Waals surface area contributed by atoms with E-state index in [1.165, 1.54) is 0 Å². The molecule has 0 radical (unpaired) electrons. The zero-order valence-electron chi connectivity index (χ0n) is 17.2. The van der Waals surface area contributed by atoms with Crippen LogP contribution in [0.15, 0.2) is 53.2 Å². The third-order valence-electron chi connectivity index (χ3n) is 5.38. The first-order valence-electron chi connectivity index (χ1n) is 10.0. The Morgan fingerprint density at radius 3 is 2.77 bits per heavy atom. The predicted molar refractivity (Wildman–Crippen MR) is 111 cm³/mol. The fraction of sp³-hybridized carbons (Fsp3) is 0.348. The second-order valence-electron chi connectivity index (χ2n) is 7.33. The summed E-state index contributed by atoms with van der Waals surface area (Å²) in [5, 5.41) is 0. The summed E-state index contributed by atoms with van der Waals surface area (Å²) in [4.78, 5) is 23.4. The van der Waals surface area contributed by atoms with E-state index in [0.717, 1.165) is 36.5 Å². The highest BCUT2D eigenvalue weighted by Crippen LogP contribution is 2.29. The largest absolute Gasteiger partial charge is 0.496 e. The molecule has 0 aliphatic carbocycles. The van der Waals surface area contributed by atoms with Crippen molar-refractivity contribution in [3.8, 4) is 11.6 Å². The first kappa shape index (κ1) is 19.9. The van der Waals surface area contributed by atoms with Gasteiger partial charge in [-0.05, 0) is 25.0 Å². The summed E-state index contributed by atoms with van der Waals surface area (Å²) in [5.41, 5.74) is 1.61. The number of carbonyl (C=O) groups excluding carboxylic acids is 1. The number of benzene rings is 1. The smallest absolute Gasteiger partial charge is 0.255 e. The van der Waals surface area contributed by atoms with Gasteiger partial charge in [0.05, 0.1) is 31.9 Å². The van der Waals surface area contributed by atoms with E-state index >= 15 is 0 Å². The summed E-state index contributed by atoms with van der Waals surface area (Å²) in [6, 6.07) is 11.3. The normalized spacial score (nSPS) is 16.3. The van der Waals surface area contributed by atoms with Crippen molar-refractivity contribution in [3.05, 3.63) is 71.6 Å². The summed E-state index contributed by atoms with van der Waals surface area (Å²) in [7, 11) is 3.22. The molecule has 3 aromatic rings. The maximum atomic E-state index is 12.9. The molecule has 1 unspecified atom stereocenters. The third-order valence-corrected chi connectivity index (χ3v) is 5.38. The lowest BCUT2D eigenvalue weighted by atomic mass is 9.97. The van der Waals surface area contributed by atoms with Crippen LogP contribution in [-0.2, 0) is 6.42 Å². The fourth-order valence-electron chi connectivity index (χ4n) is 3.80. The van der Waals surface area contributed by atoms with Crippen LogP contribution in [0, 0.1) is 0 Å². The Bertz CT molecular complexity index is 1000. The lowest BCUT2D eigenvalue weighted by Crippen LogP contribution is -2.39. The molecule has 1 amide bonds. The number of rotatable bonds is 6. The topological polar surface area (TPSA) is 77.7 Å². The van der Waals surface area contributed by atoms with Crippen LogP contribution in [0.2, 0.25) is 0 Å². The van der Waals surface area contributed by atoms with E-state index in [4.69, 9.17) is 13.9 Å². The number of para-hydroxylation sites is 1. The number of carbonyl (C=O) groups is 1. The van der Waals surface area contributed by atoms with Crippen molar-refractivity contribution in [1.82, 2.24) is 14.9 Å². The molecule has 1 aliphatic rings. The Kier molecular flexibility index (Phi) is 5.97. The fourth-order valence-corrected chi connectivity index (χ4v) is 3.80. The molecule has 4 rings (SSSR count). The number of ether oxygens (including phenoxy) is 2. The maximum absolute atomic E-state index is 12.9. The van der Waals surface area contributed by atoms with Crippen molar-refractivity contribution >= 4 is 5.91 Å². The van der Waals surface area contributed by atoms with Crippen LogP contribution < -0.4 is 9.47 Å². The molecule has 30 heavy (non-hydrogen) atoms. The second-order valence-corrected chi connectivity index (χ2v) is 7.33. The molecule has 1 atom stereocenters. The van der Waals surface area contributed by atoms with E-state index in [2.05, 4.69) is 9.97 Å². The van der Waals surface area contributed by atoms with Gasteiger partial charge in [0.2, 0.25) is 5.88 Å². The Hall–Kier alpha value is -3.35. The zero-order valence-corrected chi connectivity index (χ0v) is 17.2. The van der Waals surface area contributed by atoms with Gasteiger partial charge in [-0.25, -0.2) is 9.97 Å². The van der Waals surface area contributed by atoms with Crippen LogP contribution in [0.1, 0.15) is 46.3 Å². The van der Waals surface area contributed by atoms with Gasteiger partial charge < -0.3 is 18.8 Å². The highest BCUT2D eigenvalue weighted by molar-refractivity contribution is 5.94. The van der Waals surface area contributed by atoms with Crippen LogP contribution in [0.5, 0.6) is 11.6 Å². The van der Waals surface area contributed by atoms with E-state index in [-0.39, 0.29) is 11.8 Å². The average Bonchev–Trinajstić information content (AvgIpc) is 3.27. The number of likely N-dealkylation sites (tertiary alicyclic amines) is 1. The molecule has 0 spiro atoms. The molecule has 0 saturated carbocycles. The Balaban J connectivity index is 1.44. The van der Waals surface area contributed by atoms with Gasteiger partial charge >= 0.3 is 0 Å². The summed E-state index contributed by atoms with van der Waals surface area (Å²) < 4.78 is 16.5. The van der Waals surface area contributed by atoms with Crippen molar-refractivity contribution < 1.29 is 18.7 Å². The van der Waals surface area contributed by atoms with Gasteiger partial charge in [0, 0.05) is 37.3 Å². The van der Waals surface area contributed by atoms with Crippen LogP contribution in [0.3, 0.4) is 0 Å². The number of pyridine rings is 1. The summed E-state index contributed by atoms with van der Waals surface area (Å²) in [5.74, 6) is 2.85. The number of hydrogen-bond donors (Lipinski definition) is 0. The first-order chi connectivity index (χ1) is 14.7. The number of aromatic nitrogens is 2. The summed E-state index contributed by atoms with van der Waals surface area (Å²) in [6.07, 6.45) is 5.80. The predicted octanol–water partition coefficient (Wildman–Crippen LogP) is 3.70. The van der Waals surface area contributed by atoms with Crippen LogP contribution >= 0.6 is 0 Å². The molecular formula is C23H25N3O4. The highest BCUT2D eigenvalue weighted by atomic mass is 16.5. The quantitative estimate of drug-likeness (QED) is 0.620. The van der Waals surface area contributed by atoms with Gasteiger partial charge in [0.15, 0.2) is 5.89 Å². The van der Waals surface area contributed by atoms with Gasteiger partial charge in [-0.3, -0.25) is 4.79 Å². The van der Waals surface area contributed by atoms with Crippen LogP contribution in [-0.4, -0.2) is 48.1 Å². The molecule has 2 aromatic heterocycles. The molecule has 156 valence electrons. The zero-order chi connectivity index (χ0) is 20.9. The number of piperidine rings is 1. The minimum Gasteiger partial charge on any atom is -0.496 e. The molecule has 1 saturated heterocycles. The van der Waals surface area contributed by atoms with Crippen molar-refractivity contribution in [2.75, 3.05) is 27.3 Å². The van der Waals surface area contributed by atoms with E-state index in [1.807, 2.05) is 29.2 Å².